The van der Waals surface area contributed by atoms with Crippen LogP contribution in [0.25, 0.3) is 0 Å². The summed E-state index contributed by atoms with van der Waals surface area (Å²) >= 11 is 0. The van der Waals surface area contributed by atoms with Gasteiger partial charge in [-0.05, 0) is 78.6 Å². The number of nitrogens with zero attached hydrogens (tertiary/aromatic N) is 3. The van der Waals surface area contributed by atoms with Gasteiger partial charge in [-0.15, -0.1) is 0 Å². The van der Waals surface area contributed by atoms with Crippen molar-refractivity contribution in [3.05, 3.63) is 29.8 Å². The van der Waals surface area contributed by atoms with Gasteiger partial charge in [0.05, 0.1) is 6.54 Å². The first-order chi connectivity index (χ1) is 20.6. The van der Waals surface area contributed by atoms with Gasteiger partial charge in [0, 0.05) is 39.1 Å². The molecule has 2 fully saturated rings. The number of alkyl carbamates (subject to hydrolysis) is 1. The average molecular weight is 621 g/mol. The Labute approximate surface area is 259 Å². The Hall–Kier alpha value is -3.74. The number of carbonyl (C=O) groups is 4. The first-order valence-electron chi connectivity index (χ1n) is 15.2. The van der Waals surface area contributed by atoms with Gasteiger partial charge in [0.2, 0.25) is 0 Å². The van der Waals surface area contributed by atoms with E-state index in [0.29, 0.717) is 37.5 Å². The third-order valence-corrected chi connectivity index (χ3v) is 6.91. The van der Waals surface area contributed by atoms with Crippen LogP contribution in [-0.4, -0.2) is 120 Å². The Kier molecular flexibility index (Phi) is 12.1. The number of carboxylic acid groups (broad SMARTS) is 1. The molecule has 1 aromatic carbocycles. The van der Waals surface area contributed by atoms with Crippen LogP contribution >= 0.6 is 0 Å². The second-order valence-corrected chi connectivity index (χ2v) is 13.2. The second-order valence-electron chi connectivity index (χ2n) is 13.2. The lowest BCUT2D eigenvalue weighted by Crippen LogP contribution is -2.50. The Balaban J connectivity index is 1.33. The number of hydrogen-bond donors (Lipinski definition) is 2. The Morgan fingerprint density at radius 1 is 0.955 bits per heavy atom. The summed E-state index contributed by atoms with van der Waals surface area (Å²) in [5.41, 5.74) is -0.536. The average Bonchev–Trinajstić information content (AvgIpc) is 3.27. The van der Waals surface area contributed by atoms with Crippen molar-refractivity contribution in [3.8, 4) is 5.75 Å². The predicted molar refractivity (Wildman–Crippen MR) is 162 cm³/mol. The van der Waals surface area contributed by atoms with E-state index in [4.69, 9.17) is 18.9 Å². The third-order valence-electron chi connectivity index (χ3n) is 6.91. The zero-order valence-electron chi connectivity index (χ0n) is 26.8. The Morgan fingerprint density at radius 2 is 1.57 bits per heavy atom. The lowest BCUT2D eigenvalue weighted by molar-refractivity contribution is -0.139. The van der Waals surface area contributed by atoms with E-state index in [2.05, 4.69) is 10.2 Å². The fourth-order valence-electron chi connectivity index (χ4n) is 4.76. The number of aliphatic carboxylic acids is 1. The maximum absolute atomic E-state index is 12.3. The van der Waals surface area contributed by atoms with Gasteiger partial charge in [0.15, 0.2) is 6.10 Å². The number of benzene rings is 1. The van der Waals surface area contributed by atoms with Gasteiger partial charge in [-0.25, -0.2) is 19.2 Å². The number of unbranched alkanes of at least 4 members (excludes halogenated alkanes) is 1. The molecule has 2 atom stereocenters. The first kappa shape index (κ1) is 34.7. The number of rotatable bonds is 12. The summed E-state index contributed by atoms with van der Waals surface area (Å²) in [5.74, 6) is -0.607. The SMILES string of the molecule is CC(C)(C)OC(=O)NC(Cc1ccc(OCC2CN(CCCCN3CCN(C(=O)OC(C)(C)C)CC3)C(=O)O2)cc1)C(=O)O. The van der Waals surface area contributed by atoms with Gasteiger partial charge in [-0.1, -0.05) is 12.1 Å². The van der Waals surface area contributed by atoms with Gasteiger partial charge < -0.3 is 39.2 Å². The zero-order chi connectivity index (χ0) is 32.5. The van der Waals surface area contributed by atoms with E-state index in [9.17, 15) is 24.3 Å². The van der Waals surface area contributed by atoms with E-state index in [1.165, 1.54) is 0 Å². The van der Waals surface area contributed by atoms with Crippen molar-refractivity contribution in [3.63, 3.8) is 0 Å². The van der Waals surface area contributed by atoms with E-state index in [1.54, 1.807) is 54.8 Å². The molecule has 2 heterocycles. The smallest absolute Gasteiger partial charge is 0.410 e. The second kappa shape index (κ2) is 15.3. The molecule has 246 valence electrons. The monoisotopic (exact) mass is 620 g/mol. The lowest BCUT2D eigenvalue weighted by Gasteiger charge is -2.35. The maximum atomic E-state index is 12.3. The standard InChI is InChI=1S/C31H48N4O9/c1-30(2,3)43-27(38)32-25(26(36)37)19-22-9-11-23(12-10-22)41-21-24-20-35(28(39)42-24)14-8-7-13-33-15-17-34(18-16-33)29(40)44-31(4,5)6/h9-12,24-25H,7-8,13-21H2,1-6H3,(H,32,38)(H,36,37). The molecule has 0 bridgehead atoms. The molecular formula is C31H48N4O9. The van der Waals surface area contributed by atoms with Crippen molar-refractivity contribution >= 4 is 24.2 Å². The molecule has 0 radical (unpaired) electrons. The van der Waals surface area contributed by atoms with Crippen molar-refractivity contribution in [1.29, 1.82) is 0 Å². The zero-order valence-corrected chi connectivity index (χ0v) is 26.8. The summed E-state index contributed by atoms with van der Waals surface area (Å²) in [7, 11) is 0. The molecule has 2 unspecified atom stereocenters. The van der Waals surface area contributed by atoms with Gasteiger partial charge in [0.25, 0.3) is 0 Å². The molecule has 0 spiro atoms. The van der Waals surface area contributed by atoms with Crippen molar-refractivity contribution in [2.45, 2.75) is 84.2 Å². The molecule has 3 rings (SSSR count). The summed E-state index contributed by atoms with van der Waals surface area (Å²) in [6, 6.07) is 5.74. The van der Waals surface area contributed by atoms with Gasteiger partial charge >= 0.3 is 24.2 Å². The normalized spacial score (nSPS) is 18.4. The van der Waals surface area contributed by atoms with Crippen molar-refractivity contribution in [2.24, 2.45) is 0 Å². The fourth-order valence-corrected chi connectivity index (χ4v) is 4.76. The molecule has 2 aliphatic rings. The van der Waals surface area contributed by atoms with Crippen LogP contribution in [0.2, 0.25) is 0 Å². The number of ether oxygens (including phenoxy) is 4. The number of carboxylic acids is 1. The van der Waals surface area contributed by atoms with Crippen LogP contribution in [0.15, 0.2) is 24.3 Å². The number of carbonyl (C=O) groups excluding carboxylic acids is 3. The molecule has 2 N–H and O–H groups in total. The van der Waals surface area contributed by atoms with E-state index >= 15 is 0 Å². The Morgan fingerprint density at radius 3 is 2.16 bits per heavy atom. The van der Waals surface area contributed by atoms with Crippen molar-refractivity contribution in [2.75, 3.05) is 52.4 Å². The molecule has 2 aliphatic heterocycles. The minimum absolute atomic E-state index is 0.0757. The van der Waals surface area contributed by atoms with E-state index < -0.39 is 35.4 Å². The molecule has 1 aromatic rings. The number of hydrogen-bond acceptors (Lipinski definition) is 9. The molecule has 0 saturated carbocycles. The highest BCUT2D eigenvalue weighted by atomic mass is 16.6. The van der Waals surface area contributed by atoms with Crippen molar-refractivity contribution in [1.82, 2.24) is 20.0 Å². The highest BCUT2D eigenvalue weighted by Crippen LogP contribution is 2.18. The van der Waals surface area contributed by atoms with Crippen molar-refractivity contribution < 1.29 is 43.2 Å². The Bertz CT molecular complexity index is 1120. The molecule has 13 heteroatoms. The molecule has 0 aliphatic carbocycles. The summed E-state index contributed by atoms with van der Waals surface area (Å²) in [5, 5.41) is 11.9. The summed E-state index contributed by atoms with van der Waals surface area (Å²) < 4.78 is 21.9. The molecular weight excluding hydrogens is 572 g/mol. The highest BCUT2D eigenvalue weighted by Gasteiger charge is 2.32. The summed E-state index contributed by atoms with van der Waals surface area (Å²) in [6.07, 6.45) is 0.0523. The summed E-state index contributed by atoms with van der Waals surface area (Å²) in [6.45, 7) is 15.7. The number of cyclic esters (lactones) is 1. The first-order valence-corrected chi connectivity index (χ1v) is 15.2. The van der Waals surface area contributed by atoms with Crippen LogP contribution < -0.4 is 10.1 Å². The lowest BCUT2D eigenvalue weighted by atomic mass is 10.1. The fraction of sp³-hybridized carbons (Fsp3) is 0.677. The highest BCUT2D eigenvalue weighted by molar-refractivity contribution is 5.80. The molecule has 13 nitrogen and oxygen atoms in total. The van der Waals surface area contributed by atoms with Crippen LogP contribution in [-0.2, 0) is 25.4 Å². The van der Waals surface area contributed by atoms with Crippen LogP contribution in [0, 0.1) is 0 Å². The van der Waals surface area contributed by atoms with Crippen LogP contribution in [0.3, 0.4) is 0 Å². The minimum Gasteiger partial charge on any atom is -0.490 e. The van der Waals surface area contributed by atoms with Gasteiger partial charge in [-0.3, -0.25) is 4.90 Å². The largest absolute Gasteiger partial charge is 0.490 e. The van der Waals surface area contributed by atoms with Crippen LogP contribution in [0.4, 0.5) is 14.4 Å². The predicted octanol–water partition coefficient (Wildman–Crippen LogP) is 3.74. The van der Waals surface area contributed by atoms with E-state index in [1.807, 2.05) is 20.8 Å². The topological polar surface area (TPSA) is 147 Å². The van der Waals surface area contributed by atoms with Gasteiger partial charge in [0.1, 0.15) is 29.6 Å². The summed E-state index contributed by atoms with van der Waals surface area (Å²) in [4.78, 5) is 54.0. The van der Waals surface area contributed by atoms with E-state index in [-0.39, 0.29) is 25.2 Å². The number of nitrogens with one attached hydrogen (secondary N) is 1. The molecule has 2 saturated heterocycles. The molecule has 44 heavy (non-hydrogen) atoms. The molecule has 0 aromatic heterocycles. The van der Waals surface area contributed by atoms with E-state index in [0.717, 1.165) is 32.5 Å². The molecule has 3 amide bonds. The van der Waals surface area contributed by atoms with Gasteiger partial charge in [-0.2, -0.15) is 0 Å². The number of amides is 3. The minimum atomic E-state index is -1.16. The van der Waals surface area contributed by atoms with Crippen LogP contribution in [0.5, 0.6) is 5.75 Å². The van der Waals surface area contributed by atoms with Crippen LogP contribution in [0.1, 0.15) is 59.9 Å². The maximum Gasteiger partial charge on any atom is 0.410 e. The number of piperazine rings is 1. The third kappa shape index (κ3) is 12.1. The quantitative estimate of drug-likeness (QED) is 0.262.